The highest BCUT2D eigenvalue weighted by Crippen LogP contribution is 2.25. The molecule has 0 spiro atoms. The van der Waals surface area contributed by atoms with Crippen molar-refractivity contribution in [2.75, 3.05) is 17.7 Å². The maximum absolute atomic E-state index is 13.4. The molecule has 0 aliphatic carbocycles. The molecule has 0 aliphatic rings. The number of anilines is 3. The minimum absolute atomic E-state index is 0.257. The molecule has 2 rings (SSSR count). The van der Waals surface area contributed by atoms with Crippen LogP contribution in [0.2, 0.25) is 0 Å². The van der Waals surface area contributed by atoms with E-state index < -0.39 is 0 Å². The molecule has 1 aromatic carbocycles. The van der Waals surface area contributed by atoms with Gasteiger partial charge in [0, 0.05) is 18.3 Å². The van der Waals surface area contributed by atoms with Crippen molar-refractivity contribution in [1.29, 1.82) is 0 Å². The maximum atomic E-state index is 13.4. The largest absolute Gasteiger partial charge is 0.373 e. The van der Waals surface area contributed by atoms with Crippen molar-refractivity contribution in [3.63, 3.8) is 0 Å². The van der Waals surface area contributed by atoms with E-state index in [9.17, 15) is 4.39 Å². The molecule has 0 aliphatic heterocycles. The van der Waals surface area contributed by atoms with E-state index in [1.807, 2.05) is 20.0 Å². The molecule has 106 valence electrons. The molecule has 2 N–H and O–H groups in total. The number of halogens is 1. The van der Waals surface area contributed by atoms with Crippen LogP contribution < -0.4 is 10.6 Å². The molecule has 0 atom stereocenters. The summed E-state index contributed by atoms with van der Waals surface area (Å²) in [6, 6.07) is 4.85. The maximum Gasteiger partial charge on any atom is 0.139 e. The van der Waals surface area contributed by atoms with Gasteiger partial charge in [0.2, 0.25) is 0 Å². The van der Waals surface area contributed by atoms with Gasteiger partial charge in [-0.25, -0.2) is 14.4 Å². The van der Waals surface area contributed by atoms with Gasteiger partial charge in [-0.15, -0.1) is 0 Å². The summed E-state index contributed by atoms with van der Waals surface area (Å²) in [4.78, 5) is 8.49. The van der Waals surface area contributed by atoms with Crippen LogP contribution in [0.4, 0.5) is 21.7 Å². The number of nitrogens with one attached hydrogen (secondary N) is 2. The number of aryl methyl sites for hydroxylation is 1. The van der Waals surface area contributed by atoms with Gasteiger partial charge in [0.15, 0.2) is 0 Å². The normalized spacial score (nSPS) is 10.4. The van der Waals surface area contributed by atoms with E-state index in [1.165, 1.54) is 18.5 Å². The molecular weight excluding hydrogens is 255 g/mol. The van der Waals surface area contributed by atoms with Crippen molar-refractivity contribution in [1.82, 2.24) is 9.97 Å². The number of hydrogen-bond donors (Lipinski definition) is 2. The van der Waals surface area contributed by atoms with Crippen LogP contribution in [-0.4, -0.2) is 17.0 Å². The Bertz CT molecular complexity index is 578. The van der Waals surface area contributed by atoms with Gasteiger partial charge in [-0.3, -0.25) is 0 Å². The summed E-state index contributed by atoms with van der Waals surface area (Å²) in [5.74, 6) is 1.26. The summed E-state index contributed by atoms with van der Waals surface area (Å²) < 4.78 is 13.4. The molecule has 20 heavy (non-hydrogen) atoms. The molecule has 0 saturated heterocycles. The Hall–Kier alpha value is -2.17. The predicted molar refractivity (Wildman–Crippen MR) is 80.0 cm³/mol. The smallest absolute Gasteiger partial charge is 0.139 e. The van der Waals surface area contributed by atoms with Gasteiger partial charge < -0.3 is 10.6 Å². The molecule has 0 bridgehead atoms. The van der Waals surface area contributed by atoms with Crippen molar-refractivity contribution in [3.8, 4) is 0 Å². The third-order valence-electron chi connectivity index (χ3n) is 2.99. The van der Waals surface area contributed by atoms with E-state index in [0.29, 0.717) is 5.69 Å². The van der Waals surface area contributed by atoms with Gasteiger partial charge in [-0.05, 0) is 37.1 Å². The highest BCUT2D eigenvalue weighted by atomic mass is 19.1. The first-order valence-electron chi connectivity index (χ1n) is 6.70. The minimum Gasteiger partial charge on any atom is -0.373 e. The summed E-state index contributed by atoms with van der Waals surface area (Å²) in [7, 11) is 1.83. The van der Waals surface area contributed by atoms with Crippen molar-refractivity contribution in [2.45, 2.75) is 26.7 Å². The van der Waals surface area contributed by atoms with E-state index >= 15 is 0 Å². The van der Waals surface area contributed by atoms with Crippen LogP contribution in [0.25, 0.3) is 0 Å². The summed E-state index contributed by atoms with van der Waals surface area (Å²) in [6.07, 6.45) is 3.34. The third-order valence-corrected chi connectivity index (χ3v) is 2.99. The molecule has 0 saturated carbocycles. The Kier molecular flexibility index (Phi) is 4.50. The Labute approximate surface area is 118 Å². The molecule has 0 fully saturated rings. The fourth-order valence-corrected chi connectivity index (χ4v) is 2.17. The SMILES string of the molecule is CCCc1c(NC)ncnc1Nc1cc(C)cc(F)c1. The second-order valence-corrected chi connectivity index (χ2v) is 4.69. The van der Waals surface area contributed by atoms with Gasteiger partial charge in [-0.2, -0.15) is 0 Å². The molecular formula is C15H19FN4. The van der Waals surface area contributed by atoms with Gasteiger partial charge in [0.25, 0.3) is 0 Å². The summed E-state index contributed by atoms with van der Waals surface area (Å²) in [5, 5.41) is 6.25. The average Bonchev–Trinajstić information content (AvgIpc) is 2.39. The predicted octanol–water partition coefficient (Wildman–Crippen LogP) is 3.66. The highest BCUT2D eigenvalue weighted by Gasteiger charge is 2.10. The van der Waals surface area contributed by atoms with E-state index in [-0.39, 0.29) is 5.82 Å². The van der Waals surface area contributed by atoms with E-state index in [0.717, 1.165) is 35.6 Å². The molecule has 0 amide bonds. The lowest BCUT2D eigenvalue weighted by Gasteiger charge is -2.14. The molecule has 1 aromatic heterocycles. The fraction of sp³-hybridized carbons (Fsp3) is 0.333. The number of benzene rings is 1. The second kappa shape index (κ2) is 6.32. The quantitative estimate of drug-likeness (QED) is 0.873. The van der Waals surface area contributed by atoms with Crippen LogP contribution in [0, 0.1) is 12.7 Å². The van der Waals surface area contributed by atoms with Gasteiger partial charge >= 0.3 is 0 Å². The van der Waals surface area contributed by atoms with E-state index in [1.54, 1.807) is 0 Å². The van der Waals surface area contributed by atoms with Crippen LogP contribution in [0.15, 0.2) is 24.5 Å². The molecule has 2 aromatic rings. The number of nitrogens with zero attached hydrogens (tertiary/aromatic N) is 2. The minimum atomic E-state index is -0.257. The van der Waals surface area contributed by atoms with Crippen LogP contribution in [-0.2, 0) is 6.42 Å². The monoisotopic (exact) mass is 274 g/mol. The first-order valence-corrected chi connectivity index (χ1v) is 6.70. The molecule has 0 radical (unpaired) electrons. The summed E-state index contributed by atoms with van der Waals surface area (Å²) in [6.45, 7) is 3.96. The van der Waals surface area contributed by atoms with Crippen molar-refractivity contribution in [3.05, 3.63) is 41.5 Å². The van der Waals surface area contributed by atoms with Crippen molar-refractivity contribution < 1.29 is 4.39 Å². The van der Waals surface area contributed by atoms with Crippen LogP contribution in [0.1, 0.15) is 24.5 Å². The lowest BCUT2D eigenvalue weighted by Crippen LogP contribution is -2.05. The van der Waals surface area contributed by atoms with Gasteiger partial charge in [0.05, 0.1) is 0 Å². The van der Waals surface area contributed by atoms with Crippen molar-refractivity contribution in [2.24, 2.45) is 0 Å². The average molecular weight is 274 g/mol. The number of rotatable bonds is 5. The molecule has 5 heteroatoms. The molecule has 0 unspecified atom stereocenters. The highest BCUT2D eigenvalue weighted by molar-refractivity contribution is 5.65. The fourth-order valence-electron chi connectivity index (χ4n) is 2.17. The van der Waals surface area contributed by atoms with Crippen LogP contribution >= 0.6 is 0 Å². The zero-order chi connectivity index (χ0) is 14.5. The van der Waals surface area contributed by atoms with E-state index in [4.69, 9.17) is 0 Å². The lowest BCUT2D eigenvalue weighted by molar-refractivity contribution is 0.627. The first kappa shape index (κ1) is 14.2. The number of aromatic nitrogens is 2. The van der Waals surface area contributed by atoms with Gasteiger partial charge in [0.1, 0.15) is 23.8 Å². The zero-order valence-corrected chi connectivity index (χ0v) is 12.0. The topological polar surface area (TPSA) is 49.8 Å². The Morgan fingerprint density at radius 2 is 1.90 bits per heavy atom. The standard InChI is InChI=1S/C15H19FN4/c1-4-5-13-14(17-3)18-9-19-15(13)20-12-7-10(2)6-11(16)8-12/h6-9H,4-5H2,1-3H3,(H2,17,18,19,20). The van der Waals surface area contributed by atoms with Crippen LogP contribution in [0.3, 0.4) is 0 Å². The lowest BCUT2D eigenvalue weighted by atomic mass is 10.1. The third kappa shape index (κ3) is 3.23. The Balaban J connectivity index is 2.37. The number of hydrogen-bond acceptors (Lipinski definition) is 4. The zero-order valence-electron chi connectivity index (χ0n) is 12.0. The first-order chi connectivity index (χ1) is 9.63. The summed E-state index contributed by atoms with van der Waals surface area (Å²) in [5.41, 5.74) is 2.58. The van der Waals surface area contributed by atoms with E-state index in [2.05, 4.69) is 27.5 Å². The summed E-state index contributed by atoms with van der Waals surface area (Å²) >= 11 is 0. The van der Waals surface area contributed by atoms with Gasteiger partial charge in [-0.1, -0.05) is 13.3 Å². The van der Waals surface area contributed by atoms with Crippen LogP contribution in [0.5, 0.6) is 0 Å². The van der Waals surface area contributed by atoms with Crippen molar-refractivity contribution >= 4 is 17.3 Å². The second-order valence-electron chi connectivity index (χ2n) is 4.69. The molecule has 4 nitrogen and oxygen atoms in total. The molecule has 1 heterocycles. The Morgan fingerprint density at radius 3 is 2.55 bits per heavy atom. The Morgan fingerprint density at radius 1 is 1.15 bits per heavy atom.